The molecule has 0 atom stereocenters. The molecule has 0 radical (unpaired) electrons. The molecule has 53 valence electrons. The summed E-state index contributed by atoms with van der Waals surface area (Å²) >= 11 is 6.95. The van der Waals surface area contributed by atoms with Crippen molar-refractivity contribution in [3.8, 4) is 0 Å². The third-order valence-electron chi connectivity index (χ3n) is 1.13. The van der Waals surface area contributed by atoms with Crippen LogP contribution in [-0.4, -0.2) is 5.88 Å². The summed E-state index contributed by atoms with van der Waals surface area (Å²) in [7, 11) is 0. The van der Waals surface area contributed by atoms with E-state index in [1.807, 2.05) is 0 Å². The molecule has 3 heteroatoms. The maximum atomic E-state index is 5.49. The Morgan fingerprint density at radius 3 is 2.00 bits per heavy atom. The van der Waals surface area contributed by atoms with Gasteiger partial charge in [-0.05, 0) is 0 Å². The van der Waals surface area contributed by atoms with Gasteiger partial charge in [0.05, 0.1) is 0 Å². The van der Waals surface area contributed by atoms with Gasteiger partial charge in [-0.15, -0.1) is 17.0 Å². The number of hydrogen-bond acceptors (Lipinski definition) is 0. The van der Waals surface area contributed by atoms with Crippen LogP contribution in [0.25, 0.3) is 0 Å². The molecule has 0 heterocycles. The third-order valence-corrected chi connectivity index (χ3v) is 2.45. The quantitative estimate of drug-likeness (QED) is 0.406. The molecule has 0 amide bonds. The Bertz CT molecular complexity index is 38.0. The minimum absolute atomic E-state index is 0. The van der Waals surface area contributed by atoms with Crippen LogP contribution >= 0.6 is 28.6 Å². The second-order valence-corrected chi connectivity index (χ2v) is 3.82. The average molecular weight is 266 g/mol. The molecule has 0 aromatic heterocycles. The van der Waals surface area contributed by atoms with Crippen LogP contribution in [0.5, 0.6) is 0 Å². The fourth-order valence-corrected chi connectivity index (χ4v) is 1.56. The van der Waals surface area contributed by atoms with Gasteiger partial charge < -0.3 is 0 Å². The summed E-state index contributed by atoms with van der Waals surface area (Å²) in [5.74, 6) is 0.847. The van der Waals surface area contributed by atoms with Crippen LogP contribution in [0.1, 0.15) is 25.7 Å². The molecule has 0 fully saturated rings. The molecule has 0 aromatic rings. The van der Waals surface area contributed by atoms with Gasteiger partial charge in [-0.2, -0.15) is 0 Å². The summed E-state index contributed by atoms with van der Waals surface area (Å²) in [6.45, 7) is 0. The second kappa shape index (κ2) is 12.1. The Morgan fingerprint density at radius 1 is 1.00 bits per heavy atom. The molecular formula is C6H13BrClZn. The maximum absolute atomic E-state index is 5.49. The van der Waals surface area contributed by atoms with Gasteiger partial charge >= 0.3 is 66.5 Å². The summed E-state index contributed by atoms with van der Waals surface area (Å²) in [6.07, 6.45) is 5.37. The van der Waals surface area contributed by atoms with Crippen LogP contribution in [0, 0.1) is 0 Å². The van der Waals surface area contributed by atoms with Gasteiger partial charge in [-0.25, -0.2) is 0 Å². The Labute approximate surface area is 83.2 Å². The number of hydrogen-bond donors (Lipinski definition) is 0. The number of rotatable bonds is 5. The molecule has 0 saturated heterocycles. The molecular weight excluding hydrogens is 253 g/mol. The molecule has 0 unspecified atom stereocenters. The fourth-order valence-electron chi connectivity index (χ4n) is 0.625. The van der Waals surface area contributed by atoms with Crippen molar-refractivity contribution in [2.75, 3.05) is 5.88 Å². The zero-order valence-corrected chi connectivity index (χ0v) is 11.2. The van der Waals surface area contributed by atoms with E-state index in [0.717, 1.165) is 5.88 Å². The van der Waals surface area contributed by atoms with Gasteiger partial charge in [-0.3, -0.25) is 0 Å². The van der Waals surface area contributed by atoms with Crippen LogP contribution < -0.4 is 0 Å². The number of unbranched alkanes of at least 4 members (excludes halogenated alkanes) is 3. The molecule has 9 heavy (non-hydrogen) atoms. The predicted molar refractivity (Wildman–Crippen MR) is 44.3 cm³/mol. The summed E-state index contributed by atoms with van der Waals surface area (Å²) in [6, 6.07) is 0. The molecule has 0 aromatic carbocycles. The molecule has 0 N–H and O–H groups in total. The molecule has 0 bridgehead atoms. The number of alkyl halides is 1. The van der Waals surface area contributed by atoms with Crippen molar-refractivity contribution in [3.63, 3.8) is 0 Å². The molecule has 0 aliphatic carbocycles. The standard InChI is InChI=1S/C6H12Cl.BrH.Zn/c1-2-3-4-5-6-7;;/h1-6H2;1H;. The van der Waals surface area contributed by atoms with Crippen molar-refractivity contribution in [1.29, 1.82) is 0 Å². The molecule has 0 aliphatic heterocycles. The molecule has 0 spiro atoms. The van der Waals surface area contributed by atoms with Crippen molar-refractivity contribution in [3.05, 3.63) is 0 Å². The first-order chi connectivity index (χ1) is 3.91. The summed E-state index contributed by atoms with van der Waals surface area (Å²) in [5.41, 5.74) is 0. The zero-order chi connectivity index (χ0) is 6.24. The van der Waals surface area contributed by atoms with E-state index in [9.17, 15) is 0 Å². The zero-order valence-electron chi connectivity index (χ0n) is 5.74. The summed E-state index contributed by atoms with van der Waals surface area (Å²) < 4.78 is 0. The first-order valence-electron chi connectivity index (χ1n) is 3.27. The van der Waals surface area contributed by atoms with E-state index in [1.54, 1.807) is 0 Å². The topological polar surface area (TPSA) is 0 Å². The summed E-state index contributed by atoms with van der Waals surface area (Å²) in [5, 5.41) is 1.45. The van der Waals surface area contributed by atoms with Crippen molar-refractivity contribution in [2.45, 2.75) is 30.7 Å². The first kappa shape index (κ1) is 13.0. The van der Waals surface area contributed by atoms with Crippen LogP contribution in [0.4, 0.5) is 0 Å². The van der Waals surface area contributed by atoms with Crippen LogP contribution in [0.2, 0.25) is 5.02 Å². The molecule has 0 saturated carbocycles. The van der Waals surface area contributed by atoms with Gasteiger partial charge in [0.1, 0.15) is 0 Å². The Hall–Kier alpha value is 1.39. The fraction of sp³-hybridized carbons (Fsp3) is 1.00. The van der Waals surface area contributed by atoms with E-state index in [2.05, 4.69) is 0 Å². The van der Waals surface area contributed by atoms with E-state index in [4.69, 9.17) is 11.6 Å². The van der Waals surface area contributed by atoms with E-state index >= 15 is 0 Å². The normalized spacial score (nSPS) is 8.78. The van der Waals surface area contributed by atoms with Crippen LogP contribution in [0.3, 0.4) is 0 Å². The van der Waals surface area contributed by atoms with Crippen LogP contribution in [0.15, 0.2) is 0 Å². The SMILES string of the molecule is Br.ClCCCCC[CH2][Zn]. The summed E-state index contributed by atoms with van der Waals surface area (Å²) in [4.78, 5) is 0. The first-order valence-corrected chi connectivity index (χ1v) is 5.90. The van der Waals surface area contributed by atoms with Gasteiger partial charge in [-0.1, -0.05) is 0 Å². The van der Waals surface area contributed by atoms with Crippen LogP contribution in [-0.2, 0) is 18.3 Å². The molecule has 0 aliphatic rings. The van der Waals surface area contributed by atoms with Gasteiger partial charge in [0.25, 0.3) is 0 Å². The van der Waals surface area contributed by atoms with Crippen molar-refractivity contribution >= 4 is 28.6 Å². The van der Waals surface area contributed by atoms with Gasteiger partial charge in [0.15, 0.2) is 0 Å². The monoisotopic (exact) mass is 263 g/mol. The van der Waals surface area contributed by atoms with E-state index in [-0.39, 0.29) is 17.0 Å². The minimum atomic E-state index is 0. The van der Waals surface area contributed by atoms with Crippen molar-refractivity contribution < 1.29 is 18.3 Å². The molecule has 0 rings (SSSR count). The Morgan fingerprint density at radius 2 is 1.56 bits per heavy atom. The van der Waals surface area contributed by atoms with E-state index in [1.165, 1.54) is 49.0 Å². The van der Waals surface area contributed by atoms with Gasteiger partial charge in [0.2, 0.25) is 0 Å². The van der Waals surface area contributed by atoms with E-state index < -0.39 is 0 Å². The van der Waals surface area contributed by atoms with Crippen molar-refractivity contribution in [1.82, 2.24) is 0 Å². The molecule has 0 nitrogen and oxygen atoms in total. The second-order valence-electron chi connectivity index (χ2n) is 1.96. The number of halogens is 2. The Kier molecular flexibility index (Phi) is 17.5. The van der Waals surface area contributed by atoms with Crippen molar-refractivity contribution in [2.24, 2.45) is 0 Å². The van der Waals surface area contributed by atoms with Gasteiger partial charge in [0, 0.05) is 0 Å². The average Bonchev–Trinajstić information content (AvgIpc) is 1.81. The third kappa shape index (κ3) is 12.6. The Balaban J connectivity index is 0. The van der Waals surface area contributed by atoms with E-state index in [0.29, 0.717) is 0 Å². The predicted octanol–water partition coefficient (Wildman–Crippen LogP) is 3.33.